The molecule has 2 aromatic rings. The van der Waals surface area contributed by atoms with Crippen LogP contribution in [0.3, 0.4) is 0 Å². The lowest BCUT2D eigenvalue weighted by molar-refractivity contribution is -0.148. The SMILES string of the molecule is Cc1nn(C)c(C)c1CCC(=O)OCC(=O)NCCCc1ccccc1. The summed E-state index contributed by atoms with van der Waals surface area (Å²) in [4.78, 5) is 23.6. The summed E-state index contributed by atoms with van der Waals surface area (Å²) in [5, 5.41) is 7.10. The number of esters is 1. The van der Waals surface area contributed by atoms with Crippen molar-refractivity contribution in [3.63, 3.8) is 0 Å². The predicted molar refractivity (Wildman–Crippen MR) is 99.7 cm³/mol. The monoisotopic (exact) mass is 357 g/mol. The van der Waals surface area contributed by atoms with Crippen LogP contribution in [0.2, 0.25) is 0 Å². The number of hydrogen-bond acceptors (Lipinski definition) is 4. The molecule has 6 heteroatoms. The van der Waals surface area contributed by atoms with Crippen LogP contribution in [-0.2, 0) is 34.2 Å². The van der Waals surface area contributed by atoms with Crippen molar-refractivity contribution in [2.24, 2.45) is 7.05 Å². The van der Waals surface area contributed by atoms with Crippen molar-refractivity contribution in [3.05, 3.63) is 52.8 Å². The number of amides is 1. The van der Waals surface area contributed by atoms with E-state index in [-0.39, 0.29) is 24.9 Å². The summed E-state index contributed by atoms with van der Waals surface area (Å²) in [5.41, 5.74) is 4.28. The smallest absolute Gasteiger partial charge is 0.306 e. The van der Waals surface area contributed by atoms with Gasteiger partial charge in [0, 0.05) is 25.7 Å². The number of aryl methyl sites for hydroxylation is 3. The zero-order valence-corrected chi connectivity index (χ0v) is 15.7. The normalized spacial score (nSPS) is 10.6. The van der Waals surface area contributed by atoms with E-state index in [0.717, 1.165) is 29.8 Å². The second-order valence-electron chi connectivity index (χ2n) is 6.37. The first kappa shape index (κ1) is 19.7. The van der Waals surface area contributed by atoms with Gasteiger partial charge in [0.15, 0.2) is 6.61 Å². The largest absolute Gasteiger partial charge is 0.456 e. The fourth-order valence-electron chi connectivity index (χ4n) is 2.84. The van der Waals surface area contributed by atoms with E-state index < -0.39 is 0 Å². The Balaban J connectivity index is 1.60. The van der Waals surface area contributed by atoms with Gasteiger partial charge < -0.3 is 10.1 Å². The zero-order chi connectivity index (χ0) is 18.9. The minimum atomic E-state index is -0.368. The third kappa shape index (κ3) is 6.02. The molecule has 1 N–H and O–H groups in total. The molecule has 0 spiro atoms. The first-order chi connectivity index (χ1) is 12.5. The highest BCUT2D eigenvalue weighted by molar-refractivity contribution is 5.80. The van der Waals surface area contributed by atoms with Gasteiger partial charge in [0.25, 0.3) is 5.91 Å². The maximum absolute atomic E-state index is 11.8. The van der Waals surface area contributed by atoms with Gasteiger partial charge in [0.05, 0.1) is 5.69 Å². The first-order valence-electron chi connectivity index (χ1n) is 8.92. The highest BCUT2D eigenvalue weighted by Gasteiger charge is 2.13. The number of nitrogens with one attached hydrogen (secondary N) is 1. The van der Waals surface area contributed by atoms with Crippen molar-refractivity contribution in [2.75, 3.05) is 13.2 Å². The Kier molecular flexibility index (Phi) is 7.38. The summed E-state index contributed by atoms with van der Waals surface area (Å²) in [6.45, 7) is 4.24. The van der Waals surface area contributed by atoms with Gasteiger partial charge in [-0.1, -0.05) is 30.3 Å². The molecule has 0 atom stereocenters. The van der Waals surface area contributed by atoms with Crippen LogP contribution >= 0.6 is 0 Å². The molecule has 2 rings (SSSR count). The Morgan fingerprint density at radius 2 is 1.88 bits per heavy atom. The fraction of sp³-hybridized carbons (Fsp3) is 0.450. The molecule has 0 unspecified atom stereocenters. The molecule has 140 valence electrons. The number of benzene rings is 1. The van der Waals surface area contributed by atoms with Crippen LogP contribution in [0, 0.1) is 13.8 Å². The summed E-state index contributed by atoms with van der Waals surface area (Å²) >= 11 is 0. The molecule has 0 bridgehead atoms. The van der Waals surface area contributed by atoms with Crippen LogP contribution in [0.25, 0.3) is 0 Å². The standard InChI is InChI=1S/C20H27N3O3/c1-15-18(16(2)23(3)22-15)11-12-20(25)26-14-19(24)21-13-7-10-17-8-5-4-6-9-17/h4-6,8-9H,7,10-14H2,1-3H3,(H,21,24). The van der Waals surface area contributed by atoms with Gasteiger partial charge in [-0.15, -0.1) is 0 Å². The lowest BCUT2D eigenvalue weighted by Crippen LogP contribution is -2.29. The Hall–Kier alpha value is -2.63. The number of carbonyl (C=O) groups excluding carboxylic acids is 2. The lowest BCUT2D eigenvalue weighted by atomic mass is 10.1. The molecule has 0 aliphatic heterocycles. The van der Waals surface area contributed by atoms with Gasteiger partial charge in [-0.25, -0.2) is 0 Å². The molecule has 1 amide bonds. The number of carbonyl (C=O) groups is 2. The van der Waals surface area contributed by atoms with Gasteiger partial charge in [-0.2, -0.15) is 5.10 Å². The minimum Gasteiger partial charge on any atom is -0.456 e. The van der Waals surface area contributed by atoms with Gasteiger partial charge in [-0.3, -0.25) is 14.3 Å². The third-order valence-electron chi connectivity index (χ3n) is 4.41. The fourth-order valence-corrected chi connectivity index (χ4v) is 2.84. The van der Waals surface area contributed by atoms with Crippen LogP contribution in [0.1, 0.15) is 35.4 Å². The number of aromatic nitrogens is 2. The van der Waals surface area contributed by atoms with Crippen molar-refractivity contribution in [2.45, 2.75) is 39.5 Å². The summed E-state index contributed by atoms with van der Waals surface area (Å²) in [6, 6.07) is 10.1. The summed E-state index contributed by atoms with van der Waals surface area (Å²) in [7, 11) is 1.88. The molecule has 0 aliphatic rings. The van der Waals surface area contributed by atoms with E-state index in [9.17, 15) is 9.59 Å². The van der Waals surface area contributed by atoms with Crippen LogP contribution in [0.15, 0.2) is 30.3 Å². The average Bonchev–Trinajstić information content (AvgIpc) is 2.88. The van der Waals surface area contributed by atoms with Crippen LogP contribution in [-0.4, -0.2) is 34.8 Å². The maximum Gasteiger partial charge on any atom is 0.306 e. The number of ether oxygens (including phenoxy) is 1. The highest BCUT2D eigenvalue weighted by Crippen LogP contribution is 2.14. The molecular formula is C20H27N3O3. The summed E-state index contributed by atoms with van der Waals surface area (Å²) in [6.07, 6.45) is 2.58. The Labute approximate surface area is 154 Å². The molecule has 1 aromatic carbocycles. The van der Waals surface area contributed by atoms with Gasteiger partial charge in [0.2, 0.25) is 0 Å². The van der Waals surface area contributed by atoms with E-state index in [1.54, 1.807) is 4.68 Å². The van der Waals surface area contributed by atoms with E-state index in [0.29, 0.717) is 13.0 Å². The summed E-state index contributed by atoms with van der Waals surface area (Å²) in [5.74, 6) is -0.632. The van der Waals surface area contributed by atoms with Crippen molar-refractivity contribution < 1.29 is 14.3 Å². The van der Waals surface area contributed by atoms with Crippen LogP contribution < -0.4 is 5.32 Å². The van der Waals surface area contributed by atoms with E-state index in [4.69, 9.17) is 4.74 Å². The second-order valence-corrected chi connectivity index (χ2v) is 6.37. The molecule has 0 saturated heterocycles. The molecule has 6 nitrogen and oxygen atoms in total. The van der Waals surface area contributed by atoms with Gasteiger partial charge in [-0.05, 0) is 44.2 Å². The topological polar surface area (TPSA) is 73.2 Å². The zero-order valence-electron chi connectivity index (χ0n) is 15.7. The Bertz CT molecular complexity index is 738. The van der Waals surface area contributed by atoms with E-state index in [1.165, 1.54) is 5.56 Å². The van der Waals surface area contributed by atoms with Gasteiger partial charge in [0.1, 0.15) is 0 Å². The Morgan fingerprint density at radius 3 is 2.54 bits per heavy atom. The van der Waals surface area contributed by atoms with Crippen molar-refractivity contribution in [1.29, 1.82) is 0 Å². The van der Waals surface area contributed by atoms with Gasteiger partial charge >= 0.3 is 5.97 Å². The van der Waals surface area contributed by atoms with E-state index >= 15 is 0 Å². The highest BCUT2D eigenvalue weighted by atomic mass is 16.5. The average molecular weight is 357 g/mol. The quantitative estimate of drug-likeness (QED) is 0.552. The lowest BCUT2D eigenvalue weighted by Gasteiger charge is -2.07. The molecule has 1 heterocycles. The summed E-state index contributed by atoms with van der Waals surface area (Å²) < 4.78 is 6.85. The Morgan fingerprint density at radius 1 is 1.15 bits per heavy atom. The number of nitrogens with zero attached hydrogens (tertiary/aromatic N) is 2. The second kappa shape index (κ2) is 9.75. The molecular weight excluding hydrogens is 330 g/mol. The number of hydrogen-bond donors (Lipinski definition) is 1. The van der Waals surface area contributed by atoms with Crippen LogP contribution in [0.4, 0.5) is 0 Å². The molecule has 0 saturated carbocycles. The van der Waals surface area contributed by atoms with Crippen molar-refractivity contribution in [1.82, 2.24) is 15.1 Å². The maximum atomic E-state index is 11.8. The molecule has 0 aliphatic carbocycles. The first-order valence-corrected chi connectivity index (χ1v) is 8.92. The van der Waals surface area contributed by atoms with Crippen molar-refractivity contribution >= 4 is 11.9 Å². The van der Waals surface area contributed by atoms with Crippen molar-refractivity contribution in [3.8, 4) is 0 Å². The van der Waals surface area contributed by atoms with E-state index in [2.05, 4.69) is 22.5 Å². The van der Waals surface area contributed by atoms with E-state index in [1.807, 2.05) is 39.1 Å². The minimum absolute atomic E-state index is 0.227. The number of rotatable bonds is 9. The predicted octanol–water partition coefficient (Wildman–Crippen LogP) is 2.26. The molecule has 0 radical (unpaired) electrons. The molecule has 0 fully saturated rings. The molecule has 26 heavy (non-hydrogen) atoms. The molecule has 1 aromatic heterocycles. The third-order valence-corrected chi connectivity index (χ3v) is 4.41. The van der Waals surface area contributed by atoms with Crippen LogP contribution in [0.5, 0.6) is 0 Å².